The summed E-state index contributed by atoms with van der Waals surface area (Å²) in [6, 6.07) is -0.167. The van der Waals surface area contributed by atoms with Crippen molar-refractivity contribution in [2.45, 2.75) is 26.3 Å². The maximum absolute atomic E-state index is 10.7. The van der Waals surface area contributed by atoms with E-state index in [1.54, 1.807) is 6.92 Å². The van der Waals surface area contributed by atoms with E-state index in [4.69, 9.17) is 0 Å². The lowest BCUT2D eigenvalue weighted by atomic mass is 10.4. The van der Waals surface area contributed by atoms with Gasteiger partial charge in [0, 0.05) is 6.42 Å². The van der Waals surface area contributed by atoms with Gasteiger partial charge in [0.2, 0.25) is 5.91 Å². The molecule has 1 heterocycles. The molecule has 3 heteroatoms. The van der Waals surface area contributed by atoms with E-state index in [9.17, 15) is 4.79 Å². The Kier molecular flexibility index (Phi) is 1.51. The van der Waals surface area contributed by atoms with Crippen LogP contribution in [-0.4, -0.2) is 17.8 Å². The lowest BCUT2D eigenvalue weighted by molar-refractivity contribution is -0.119. The van der Waals surface area contributed by atoms with Gasteiger partial charge in [-0.05, 0) is 6.92 Å². The van der Waals surface area contributed by atoms with Crippen LogP contribution in [0.15, 0.2) is 4.99 Å². The topological polar surface area (TPSA) is 41.5 Å². The first-order chi connectivity index (χ1) is 4.24. The highest BCUT2D eigenvalue weighted by Crippen LogP contribution is 1.99. The summed E-state index contributed by atoms with van der Waals surface area (Å²) < 4.78 is 0. The molecule has 1 aliphatic rings. The van der Waals surface area contributed by atoms with Crippen LogP contribution in [0.3, 0.4) is 0 Å². The van der Waals surface area contributed by atoms with E-state index < -0.39 is 0 Å². The molecule has 0 saturated carbocycles. The third-order valence-corrected chi connectivity index (χ3v) is 1.33. The lowest BCUT2D eigenvalue weighted by Crippen LogP contribution is -2.26. The number of carbonyl (C=O) groups excluding carboxylic acids is 1. The molecule has 0 unspecified atom stereocenters. The van der Waals surface area contributed by atoms with Gasteiger partial charge in [0.1, 0.15) is 11.9 Å². The van der Waals surface area contributed by atoms with Crippen LogP contribution in [0.5, 0.6) is 0 Å². The Labute approximate surface area is 54.2 Å². The van der Waals surface area contributed by atoms with E-state index in [2.05, 4.69) is 10.3 Å². The van der Waals surface area contributed by atoms with E-state index in [1.807, 2.05) is 6.92 Å². The highest BCUT2D eigenvalue weighted by molar-refractivity contribution is 6.05. The molecule has 0 radical (unpaired) electrons. The Hall–Kier alpha value is -0.860. The van der Waals surface area contributed by atoms with Crippen LogP contribution in [0.25, 0.3) is 0 Å². The first-order valence-electron chi connectivity index (χ1n) is 3.11. The zero-order chi connectivity index (χ0) is 6.85. The van der Waals surface area contributed by atoms with Gasteiger partial charge in [0.05, 0.1) is 0 Å². The van der Waals surface area contributed by atoms with Gasteiger partial charge in [-0.25, -0.2) is 0 Å². The largest absolute Gasteiger partial charge is 0.313 e. The third kappa shape index (κ3) is 1.09. The second-order valence-corrected chi connectivity index (χ2v) is 2.09. The molecule has 0 bridgehead atoms. The molecule has 0 aliphatic carbocycles. The summed E-state index contributed by atoms with van der Waals surface area (Å²) in [5.74, 6) is 0.833. The molecule has 3 nitrogen and oxygen atoms in total. The number of carbonyl (C=O) groups is 1. The van der Waals surface area contributed by atoms with Crippen LogP contribution in [0.2, 0.25) is 0 Å². The van der Waals surface area contributed by atoms with Gasteiger partial charge in [-0.3, -0.25) is 9.79 Å². The highest BCUT2D eigenvalue weighted by atomic mass is 16.2. The minimum absolute atomic E-state index is 0.0202. The summed E-state index contributed by atoms with van der Waals surface area (Å²) in [5, 5.41) is 2.66. The fourth-order valence-corrected chi connectivity index (χ4v) is 0.751. The van der Waals surface area contributed by atoms with Crippen molar-refractivity contribution in [3.05, 3.63) is 0 Å². The molecular formula is C6H10N2O. The molecule has 0 aromatic rings. The molecule has 0 saturated heterocycles. The predicted octanol–water partition coefficient (Wildman–Crippen LogP) is 0.313. The van der Waals surface area contributed by atoms with Crippen LogP contribution >= 0.6 is 0 Å². The van der Waals surface area contributed by atoms with Crippen molar-refractivity contribution in [2.24, 2.45) is 4.99 Å². The fraction of sp³-hybridized carbons (Fsp3) is 0.667. The van der Waals surface area contributed by atoms with Crippen molar-refractivity contribution in [1.29, 1.82) is 0 Å². The summed E-state index contributed by atoms with van der Waals surface area (Å²) >= 11 is 0. The SMILES string of the molecule is CCC1=N[C@@H](C)C(=O)N1. The number of amides is 1. The zero-order valence-electron chi connectivity index (χ0n) is 5.64. The third-order valence-electron chi connectivity index (χ3n) is 1.33. The van der Waals surface area contributed by atoms with Crippen LogP contribution in [0.4, 0.5) is 0 Å². The van der Waals surface area contributed by atoms with Crippen LogP contribution in [0, 0.1) is 0 Å². The summed E-state index contributed by atoms with van der Waals surface area (Å²) in [7, 11) is 0. The average molecular weight is 126 g/mol. The van der Waals surface area contributed by atoms with Crippen LogP contribution < -0.4 is 5.32 Å². The Balaban J connectivity index is 2.62. The number of amidine groups is 1. The van der Waals surface area contributed by atoms with E-state index in [1.165, 1.54) is 0 Å². The van der Waals surface area contributed by atoms with Gasteiger partial charge in [0.15, 0.2) is 0 Å². The molecule has 1 rings (SSSR count). The zero-order valence-corrected chi connectivity index (χ0v) is 5.64. The second kappa shape index (κ2) is 2.17. The van der Waals surface area contributed by atoms with Crippen LogP contribution in [-0.2, 0) is 4.79 Å². The van der Waals surface area contributed by atoms with Crippen molar-refractivity contribution in [2.75, 3.05) is 0 Å². The van der Waals surface area contributed by atoms with Crippen molar-refractivity contribution in [1.82, 2.24) is 5.32 Å². The lowest BCUT2D eigenvalue weighted by Gasteiger charge is -1.92. The van der Waals surface area contributed by atoms with Crippen LogP contribution in [0.1, 0.15) is 20.3 Å². The van der Waals surface area contributed by atoms with Crippen molar-refractivity contribution in [3.8, 4) is 0 Å². The van der Waals surface area contributed by atoms with Gasteiger partial charge in [-0.1, -0.05) is 6.92 Å². The quantitative estimate of drug-likeness (QED) is 0.540. The number of rotatable bonds is 1. The standard InChI is InChI=1S/C6H10N2O/c1-3-5-7-4(2)6(9)8-5/h4H,3H2,1-2H3,(H,7,8,9)/t4-/m0/s1. The smallest absolute Gasteiger partial charge is 0.249 e. The Morgan fingerprint density at radius 1 is 1.78 bits per heavy atom. The van der Waals surface area contributed by atoms with Gasteiger partial charge in [-0.2, -0.15) is 0 Å². The molecule has 50 valence electrons. The number of hydrogen-bond donors (Lipinski definition) is 1. The van der Waals surface area contributed by atoms with Crippen molar-refractivity contribution in [3.63, 3.8) is 0 Å². The molecule has 1 aliphatic heterocycles. The minimum atomic E-state index is -0.167. The molecule has 1 amide bonds. The van der Waals surface area contributed by atoms with Crippen molar-refractivity contribution >= 4 is 11.7 Å². The number of nitrogens with zero attached hydrogens (tertiary/aromatic N) is 1. The first kappa shape index (κ1) is 6.26. The van der Waals surface area contributed by atoms with E-state index >= 15 is 0 Å². The van der Waals surface area contributed by atoms with Gasteiger partial charge >= 0.3 is 0 Å². The molecule has 0 spiro atoms. The van der Waals surface area contributed by atoms with Crippen molar-refractivity contribution < 1.29 is 4.79 Å². The van der Waals surface area contributed by atoms with E-state index in [0.717, 1.165) is 12.3 Å². The first-order valence-corrected chi connectivity index (χ1v) is 3.11. The Morgan fingerprint density at radius 3 is 2.67 bits per heavy atom. The normalized spacial score (nSPS) is 25.8. The number of nitrogens with one attached hydrogen (secondary N) is 1. The summed E-state index contributed by atoms with van der Waals surface area (Å²) in [5.41, 5.74) is 0. The molecular weight excluding hydrogens is 116 g/mol. The average Bonchev–Trinajstić information content (AvgIpc) is 2.13. The van der Waals surface area contributed by atoms with Gasteiger partial charge in [-0.15, -0.1) is 0 Å². The summed E-state index contributed by atoms with van der Waals surface area (Å²) in [6.07, 6.45) is 0.816. The van der Waals surface area contributed by atoms with Gasteiger partial charge < -0.3 is 5.32 Å². The second-order valence-electron chi connectivity index (χ2n) is 2.09. The number of aliphatic imine (C=N–C) groups is 1. The maximum Gasteiger partial charge on any atom is 0.249 e. The highest BCUT2D eigenvalue weighted by Gasteiger charge is 2.19. The molecule has 9 heavy (non-hydrogen) atoms. The summed E-state index contributed by atoms with van der Waals surface area (Å²) in [4.78, 5) is 14.8. The van der Waals surface area contributed by atoms with E-state index in [-0.39, 0.29) is 11.9 Å². The maximum atomic E-state index is 10.7. The van der Waals surface area contributed by atoms with E-state index in [0.29, 0.717) is 0 Å². The molecule has 1 N–H and O–H groups in total. The fourth-order valence-electron chi connectivity index (χ4n) is 0.751. The van der Waals surface area contributed by atoms with Gasteiger partial charge in [0.25, 0.3) is 0 Å². The predicted molar refractivity (Wildman–Crippen MR) is 35.3 cm³/mol. The number of hydrogen-bond acceptors (Lipinski definition) is 2. The monoisotopic (exact) mass is 126 g/mol. The molecule has 1 atom stereocenters. The minimum Gasteiger partial charge on any atom is -0.313 e. The Bertz CT molecular complexity index is 162. The summed E-state index contributed by atoms with van der Waals surface area (Å²) in [6.45, 7) is 3.76. The Morgan fingerprint density at radius 2 is 2.44 bits per heavy atom. The molecule has 0 fully saturated rings. The molecule has 0 aromatic heterocycles. The molecule has 0 aromatic carbocycles.